The summed E-state index contributed by atoms with van der Waals surface area (Å²) in [7, 11) is 1.64. The van der Waals surface area contributed by atoms with E-state index in [1.165, 1.54) is 0 Å². The molecule has 3 heterocycles. The van der Waals surface area contributed by atoms with Gasteiger partial charge in [0, 0.05) is 18.1 Å². The first-order chi connectivity index (χ1) is 11.3. The molecule has 0 bridgehead atoms. The van der Waals surface area contributed by atoms with Crippen molar-refractivity contribution in [3.05, 3.63) is 36.3 Å². The molecule has 0 saturated carbocycles. The Morgan fingerprint density at radius 2 is 2.30 bits per heavy atom. The predicted octanol–water partition coefficient (Wildman–Crippen LogP) is 2.64. The molecule has 0 spiro atoms. The van der Waals surface area contributed by atoms with E-state index in [4.69, 9.17) is 14.0 Å². The highest BCUT2D eigenvalue weighted by atomic mass is 16.5. The Kier molecular flexibility index (Phi) is 3.55. The normalized spacial score (nSPS) is 17.5. The van der Waals surface area contributed by atoms with Crippen molar-refractivity contribution in [3.8, 4) is 28.5 Å². The van der Waals surface area contributed by atoms with Crippen LogP contribution in [0.15, 0.2) is 35.0 Å². The standard InChI is InChI=1S/C16H16N4O3/c1-21-12-4-2-3-10(7-12)14-13(8-17-19-14)16-18-15(20-23-16)11-5-6-22-9-11/h2-4,7-8,11H,5-6,9H2,1H3,(H,17,19)/t11-/m1/s1. The van der Waals surface area contributed by atoms with Crippen molar-refractivity contribution in [2.45, 2.75) is 12.3 Å². The molecule has 118 valence electrons. The van der Waals surface area contributed by atoms with E-state index in [9.17, 15) is 0 Å². The first-order valence-electron chi connectivity index (χ1n) is 7.44. The molecule has 1 fully saturated rings. The van der Waals surface area contributed by atoms with Crippen LogP contribution in [-0.2, 0) is 4.74 Å². The molecule has 23 heavy (non-hydrogen) atoms. The molecule has 7 nitrogen and oxygen atoms in total. The molecule has 1 saturated heterocycles. The maximum Gasteiger partial charge on any atom is 0.261 e. The number of H-pyrrole nitrogens is 1. The lowest BCUT2D eigenvalue weighted by molar-refractivity contribution is 0.192. The molecule has 1 aliphatic heterocycles. The second kappa shape index (κ2) is 5.85. The van der Waals surface area contributed by atoms with Crippen molar-refractivity contribution in [1.29, 1.82) is 0 Å². The summed E-state index contributed by atoms with van der Waals surface area (Å²) in [6.07, 6.45) is 2.62. The second-order valence-electron chi connectivity index (χ2n) is 5.41. The van der Waals surface area contributed by atoms with E-state index in [1.807, 2.05) is 24.3 Å². The topological polar surface area (TPSA) is 86.1 Å². The smallest absolute Gasteiger partial charge is 0.261 e. The molecule has 4 rings (SSSR count). The Balaban J connectivity index is 1.69. The highest BCUT2D eigenvalue weighted by molar-refractivity contribution is 5.76. The largest absolute Gasteiger partial charge is 0.497 e. The third kappa shape index (κ3) is 2.59. The van der Waals surface area contributed by atoms with Gasteiger partial charge in [-0.05, 0) is 18.6 Å². The minimum Gasteiger partial charge on any atom is -0.497 e. The molecule has 1 aliphatic rings. The van der Waals surface area contributed by atoms with Gasteiger partial charge in [-0.15, -0.1) is 0 Å². The fraction of sp³-hybridized carbons (Fsp3) is 0.312. The van der Waals surface area contributed by atoms with E-state index in [1.54, 1.807) is 13.3 Å². The number of aromatic amines is 1. The molecule has 3 aromatic rings. The molecule has 1 atom stereocenters. The summed E-state index contributed by atoms with van der Waals surface area (Å²) in [6.45, 7) is 1.39. The van der Waals surface area contributed by atoms with Crippen LogP contribution >= 0.6 is 0 Å². The van der Waals surface area contributed by atoms with Crippen molar-refractivity contribution in [2.75, 3.05) is 20.3 Å². The monoisotopic (exact) mass is 312 g/mol. The summed E-state index contributed by atoms with van der Waals surface area (Å²) in [6, 6.07) is 7.72. The van der Waals surface area contributed by atoms with Crippen LogP contribution < -0.4 is 4.74 Å². The van der Waals surface area contributed by atoms with Gasteiger partial charge in [0.15, 0.2) is 5.82 Å². The number of methoxy groups -OCH3 is 1. The SMILES string of the molecule is COc1cccc(-c2[nH]ncc2-c2nc([C@@H]3CCOC3)no2)c1. The van der Waals surface area contributed by atoms with Crippen LogP contribution in [0.4, 0.5) is 0 Å². The first kappa shape index (κ1) is 14.0. The summed E-state index contributed by atoms with van der Waals surface area (Å²) in [5.74, 6) is 2.13. The number of ether oxygens (including phenoxy) is 2. The van der Waals surface area contributed by atoms with Crippen molar-refractivity contribution in [3.63, 3.8) is 0 Å². The zero-order valence-corrected chi connectivity index (χ0v) is 12.7. The molecule has 0 unspecified atom stereocenters. The Bertz CT molecular complexity index is 805. The number of nitrogens with one attached hydrogen (secondary N) is 1. The summed E-state index contributed by atoms with van der Waals surface area (Å²) < 4.78 is 16.1. The zero-order chi connectivity index (χ0) is 15.6. The number of hydrogen-bond donors (Lipinski definition) is 1. The van der Waals surface area contributed by atoms with Crippen molar-refractivity contribution in [2.24, 2.45) is 0 Å². The fourth-order valence-corrected chi connectivity index (χ4v) is 2.70. The Morgan fingerprint density at radius 1 is 1.35 bits per heavy atom. The molecule has 1 aromatic carbocycles. The average Bonchev–Trinajstić information content (AvgIpc) is 3.33. The van der Waals surface area contributed by atoms with Crippen molar-refractivity contribution in [1.82, 2.24) is 20.3 Å². The van der Waals surface area contributed by atoms with Gasteiger partial charge in [0.25, 0.3) is 5.89 Å². The van der Waals surface area contributed by atoms with Crippen LogP contribution in [0, 0.1) is 0 Å². The van der Waals surface area contributed by atoms with Gasteiger partial charge >= 0.3 is 0 Å². The van der Waals surface area contributed by atoms with Gasteiger partial charge < -0.3 is 14.0 Å². The number of benzene rings is 1. The minimum atomic E-state index is 0.208. The highest BCUT2D eigenvalue weighted by Gasteiger charge is 2.24. The van der Waals surface area contributed by atoms with Crippen LogP contribution in [0.1, 0.15) is 18.2 Å². The van der Waals surface area contributed by atoms with Crippen LogP contribution in [-0.4, -0.2) is 40.7 Å². The molecular weight excluding hydrogens is 296 g/mol. The Hall–Kier alpha value is -2.67. The number of rotatable bonds is 4. The van der Waals surface area contributed by atoms with Gasteiger partial charge in [-0.2, -0.15) is 10.1 Å². The summed E-state index contributed by atoms with van der Waals surface area (Å²) in [5, 5.41) is 11.2. The van der Waals surface area contributed by atoms with Crippen LogP contribution in [0.25, 0.3) is 22.7 Å². The van der Waals surface area contributed by atoms with Crippen LogP contribution in [0.2, 0.25) is 0 Å². The fourth-order valence-electron chi connectivity index (χ4n) is 2.70. The molecule has 0 aliphatic carbocycles. The molecule has 0 radical (unpaired) electrons. The van der Waals surface area contributed by atoms with E-state index in [0.717, 1.165) is 35.6 Å². The van der Waals surface area contributed by atoms with Gasteiger partial charge in [-0.1, -0.05) is 17.3 Å². The lowest BCUT2D eigenvalue weighted by atomic mass is 10.1. The maximum absolute atomic E-state index is 5.43. The zero-order valence-electron chi connectivity index (χ0n) is 12.7. The van der Waals surface area contributed by atoms with E-state index in [2.05, 4.69) is 20.3 Å². The Morgan fingerprint density at radius 3 is 3.13 bits per heavy atom. The van der Waals surface area contributed by atoms with Gasteiger partial charge in [0.1, 0.15) is 5.75 Å². The third-order valence-corrected chi connectivity index (χ3v) is 3.96. The highest BCUT2D eigenvalue weighted by Crippen LogP contribution is 2.32. The van der Waals surface area contributed by atoms with Gasteiger partial charge in [0.2, 0.25) is 0 Å². The predicted molar refractivity (Wildman–Crippen MR) is 82.0 cm³/mol. The number of nitrogens with zero attached hydrogens (tertiary/aromatic N) is 3. The molecule has 0 amide bonds. The maximum atomic E-state index is 5.43. The van der Waals surface area contributed by atoms with Gasteiger partial charge in [-0.25, -0.2) is 0 Å². The lowest BCUT2D eigenvalue weighted by Gasteiger charge is -2.03. The Labute approximate surface area is 132 Å². The summed E-state index contributed by atoms with van der Waals surface area (Å²) >= 11 is 0. The number of aromatic nitrogens is 4. The van der Waals surface area contributed by atoms with E-state index >= 15 is 0 Å². The number of hydrogen-bond acceptors (Lipinski definition) is 6. The lowest BCUT2D eigenvalue weighted by Crippen LogP contribution is -1.99. The van der Waals surface area contributed by atoms with Gasteiger partial charge in [0.05, 0.1) is 31.2 Å². The van der Waals surface area contributed by atoms with Crippen LogP contribution in [0.3, 0.4) is 0 Å². The summed E-state index contributed by atoms with van der Waals surface area (Å²) in [5.41, 5.74) is 2.54. The van der Waals surface area contributed by atoms with E-state index < -0.39 is 0 Å². The second-order valence-corrected chi connectivity index (χ2v) is 5.41. The van der Waals surface area contributed by atoms with Crippen LogP contribution in [0.5, 0.6) is 5.75 Å². The summed E-state index contributed by atoms with van der Waals surface area (Å²) in [4.78, 5) is 4.51. The minimum absolute atomic E-state index is 0.208. The average molecular weight is 312 g/mol. The quantitative estimate of drug-likeness (QED) is 0.797. The first-order valence-corrected chi connectivity index (χ1v) is 7.44. The molecule has 2 aromatic heterocycles. The molecular formula is C16H16N4O3. The van der Waals surface area contributed by atoms with Gasteiger partial charge in [-0.3, -0.25) is 5.10 Å². The van der Waals surface area contributed by atoms with E-state index in [0.29, 0.717) is 18.3 Å². The molecule has 7 heteroatoms. The van der Waals surface area contributed by atoms with E-state index in [-0.39, 0.29) is 5.92 Å². The van der Waals surface area contributed by atoms with Crippen molar-refractivity contribution >= 4 is 0 Å². The molecule has 1 N–H and O–H groups in total. The van der Waals surface area contributed by atoms with Crippen molar-refractivity contribution < 1.29 is 14.0 Å². The third-order valence-electron chi connectivity index (χ3n) is 3.96.